The minimum absolute atomic E-state index is 0.0989. The number of rotatable bonds is 9. The Morgan fingerprint density at radius 2 is 1.91 bits per heavy atom. The quantitative estimate of drug-likeness (QED) is 0.529. The van der Waals surface area contributed by atoms with Gasteiger partial charge in [-0.05, 0) is 68.3 Å². The van der Waals surface area contributed by atoms with Gasteiger partial charge in [0, 0.05) is 24.7 Å². The van der Waals surface area contributed by atoms with Crippen molar-refractivity contribution in [3.05, 3.63) is 65.5 Å². The standard InChI is InChI=1S/C26H28FN3O5/c1-17(29-24(31)10-4-19-15-18(16-28)3-9-23(19)34-2)25(26(32)33)30-13-11-22(12-14-30)35-21-7-5-20(27)6-8-21/h3-10,15,17,22,25H,11-14H2,1-2H3,(H,29,31)(H,32,33)/b10-4+/t17?,25-/m1/s1. The SMILES string of the molecule is COc1ccc(C#N)cc1/C=C/C(=O)NC(C)[C@H](C(=O)O)N1CCC(Oc2ccc(F)cc2)CC1. The number of hydrogen-bond acceptors (Lipinski definition) is 6. The van der Waals surface area contributed by atoms with E-state index < -0.39 is 24.0 Å². The van der Waals surface area contributed by atoms with E-state index >= 15 is 0 Å². The Morgan fingerprint density at radius 3 is 2.51 bits per heavy atom. The number of carboxylic acids is 1. The highest BCUT2D eigenvalue weighted by atomic mass is 19.1. The Labute approximate surface area is 203 Å². The maximum absolute atomic E-state index is 13.1. The Balaban J connectivity index is 1.58. The van der Waals surface area contributed by atoms with Gasteiger partial charge in [-0.1, -0.05) is 0 Å². The number of carboxylic acid groups (broad SMARTS) is 1. The third kappa shape index (κ3) is 7.04. The first-order valence-corrected chi connectivity index (χ1v) is 11.3. The van der Waals surface area contributed by atoms with Crippen LogP contribution < -0.4 is 14.8 Å². The third-order valence-electron chi connectivity index (χ3n) is 5.86. The fourth-order valence-electron chi connectivity index (χ4n) is 4.11. The van der Waals surface area contributed by atoms with Crippen molar-refractivity contribution in [2.75, 3.05) is 20.2 Å². The molecule has 1 aliphatic heterocycles. The molecule has 35 heavy (non-hydrogen) atoms. The van der Waals surface area contributed by atoms with Crippen molar-refractivity contribution in [3.63, 3.8) is 0 Å². The van der Waals surface area contributed by atoms with E-state index in [1.807, 2.05) is 11.0 Å². The highest BCUT2D eigenvalue weighted by molar-refractivity contribution is 5.92. The number of nitrogens with one attached hydrogen (secondary N) is 1. The Bertz CT molecular complexity index is 1100. The van der Waals surface area contributed by atoms with Crippen LogP contribution in [0.3, 0.4) is 0 Å². The number of piperidine rings is 1. The van der Waals surface area contributed by atoms with E-state index in [-0.39, 0.29) is 11.9 Å². The molecule has 0 aromatic heterocycles. The number of amides is 1. The minimum atomic E-state index is -1.02. The van der Waals surface area contributed by atoms with Crippen LogP contribution in [0.15, 0.2) is 48.5 Å². The fourth-order valence-corrected chi connectivity index (χ4v) is 4.11. The van der Waals surface area contributed by atoms with Gasteiger partial charge in [0.2, 0.25) is 5.91 Å². The zero-order chi connectivity index (χ0) is 25.4. The van der Waals surface area contributed by atoms with Gasteiger partial charge in [0.25, 0.3) is 0 Å². The topological polar surface area (TPSA) is 112 Å². The van der Waals surface area contributed by atoms with Crippen molar-refractivity contribution >= 4 is 18.0 Å². The number of likely N-dealkylation sites (tertiary alicyclic amines) is 1. The molecule has 8 nitrogen and oxygen atoms in total. The van der Waals surface area contributed by atoms with Gasteiger partial charge in [-0.2, -0.15) is 5.26 Å². The number of hydrogen-bond donors (Lipinski definition) is 2. The van der Waals surface area contributed by atoms with E-state index in [0.717, 1.165) is 0 Å². The lowest BCUT2D eigenvalue weighted by atomic mass is 10.0. The molecular formula is C26H28FN3O5. The molecule has 0 saturated carbocycles. The van der Waals surface area contributed by atoms with Gasteiger partial charge in [0.1, 0.15) is 29.5 Å². The molecule has 3 rings (SSSR count). The van der Waals surface area contributed by atoms with Crippen LogP contribution in [-0.2, 0) is 9.59 Å². The number of carbonyl (C=O) groups is 2. The van der Waals surface area contributed by atoms with Gasteiger partial charge in [-0.3, -0.25) is 14.5 Å². The van der Waals surface area contributed by atoms with Crippen LogP contribution in [0.1, 0.15) is 30.9 Å². The molecule has 0 radical (unpaired) electrons. The van der Waals surface area contributed by atoms with E-state index in [9.17, 15) is 19.1 Å². The molecule has 1 amide bonds. The monoisotopic (exact) mass is 481 g/mol. The van der Waals surface area contributed by atoms with Gasteiger partial charge in [0.05, 0.1) is 24.8 Å². The van der Waals surface area contributed by atoms with Crippen LogP contribution in [0.2, 0.25) is 0 Å². The normalized spacial score (nSPS) is 16.3. The summed E-state index contributed by atoms with van der Waals surface area (Å²) < 4.78 is 24.2. The molecule has 1 heterocycles. The predicted molar refractivity (Wildman–Crippen MR) is 127 cm³/mol. The van der Waals surface area contributed by atoms with Gasteiger partial charge in [-0.25, -0.2) is 4.39 Å². The van der Waals surface area contributed by atoms with Crippen LogP contribution in [-0.4, -0.2) is 60.3 Å². The number of carbonyl (C=O) groups excluding carboxylic acids is 1. The molecule has 1 aliphatic rings. The van der Waals surface area contributed by atoms with Gasteiger partial charge in [-0.15, -0.1) is 0 Å². The van der Waals surface area contributed by atoms with Crippen LogP contribution in [0.25, 0.3) is 6.08 Å². The molecular weight excluding hydrogens is 453 g/mol. The molecule has 184 valence electrons. The number of aliphatic carboxylic acids is 1. The number of benzene rings is 2. The van der Waals surface area contributed by atoms with E-state index in [0.29, 0.717) is 48.6 Å². The van der Waals surface area contributed by atoms with Gasteiger partial charge < -0.3 is 19.9 Å². The molecule has 2 aromatic carbocycles. The molecule has 1 fully saturated rings. The summed E-state index contributed by atoms with van der Waals surface area (Å²) in [6.45, 7) is 2.62. The first-order valence-electron chi connectivity index (χ1n) is 11.3. The molecule has 2 N–H and O–H groups in total. The maximum atomic E-state index is 13.1. The summed E-state index contributed by atoms with van der Waals surface area (Å²) in [7, 11) is 1.49. The molecule has 9 heteroatoms. The summed E-state index contributed by atoms with van der Waals surface area (Å²) >= 11 is 0. The zero-order valence-corrected chi connectivity index (χ0v) is 19.6. The van der Waals surface area contributed by atoms with Gasteiger partial charge in [0.15, 0.2) is 0 Å². The highest BCUT2D eigenvalue weighted by Gasteiger charge is 2.34. The van der Waals surface area contributed by atoms with Gasteiger partial charge >= 0.3 is 5.97 Å². The van der Waals surface area contributed by atoms with Crippen molar-refractivity contribution < 1.29 is 28.6 Å². The molecule has 2 atom stereocenters. The van der Waals surface area contributed by atoms with E-state index in [1.54, 1.807) is 37.3 Å². The summed E-state index contributed by atoms with van der Waals surface area (Å²) in [6.07, 6.45) is 3.93. The van der Waals surface area contributed by atoms with Crippen LogP contribution in [0.5, 0.6) is 11.5 Å². The molecule has 1 saturated heterocycles. The lowest BCUT2D eigenvalue weighted by molar-refractivity contribution is -0.145. The Morgan fingerprint density at radius 1 is 1.23 bits per heavy atom. The summed E-state index contributed by atoms with van der Waals surface area (Å²) in [4.78, 5) is 26.4. The van der Waals surface area contributed by atoms with Crippen molar-refractivity contribution in [1.82, 2.24) is 10.2 Å². The second kappa shape index (κ2) is 12.0. The van der Waals surface area contributed by atoms with Crippen molar-refractivity contribution in [1.29, 1.82) is 5.26 Å². The second-order valence-electron chi connectivity index (χ2n) is 8.29. The molecule has 0 spiro atoms. The first kappa shape index (κ1) is 25.7. The predicted octanol–water partition coefficient (Wildman–Crippen LogP) is 3.22. The lowest BCUT2D eigenvalue weighted by Crippen LogP contribution is -2.56. The first-order chi connectivity index (χ1) is 16.8. The summed E-state index contributed by atoms with van der Waals surface area (Å²) in [5.41, 5.74) is 0.990. The van der Waals surface area contributed by atoms with Crippen LogP contribution in [0.4, 0.5) is 4.39 Å². The second-order valence-corrected chi connectivity index (χ2v) is 8.29. The number of methoxy groups -OCH3 is 1. The molecule has 0 bridgehead atoms. The number of ether oxygens (including phenoxy) is 2. The van der Waals surface area contributed by atoms with Crippen molar-refractivity contribution in [3.8, 4) is 17.6 Å². The number of halogens is 1. The van der Waals surface area contributed by atoms with Crippen LogP contribution in [0, 0.1) is 17.1 Å². The van der Waals surface area contributed by atoms with Crippen molar-refractivity contribution in [2.24, 2.45) is 0 Å². The number of nitriles is 1. The van der Waals surface area contributed by atoms with Crippen molar-refractivity contribution in [2.45, 2.75) is 38.0 Å². The summed E-state index contributed by atoms with van der Waals surface area (Å²) in [5, 5.41) is 21.7. The third-order valence-corrected chi connectivity index (χ3v) is 5.86. The largest absolute Gasteiger partial charge is 0.496 e. The van der Waals surface area contributed by atoms with E-state index in [1.165, 1.54) is 31.4 Å². The summed E-state index contributed by atoms with van der Waals surface area (Å²) in [5.74, 6) is -0.734. The summed E-state index contributed by atoms with van der Waals surface area (Å²) in [6, 6.07) is 11.1. The lowest BCUT2D eigenvalue weighted by Gasteiger charge is -2.38. The Kier molecular flexibility index (Phi) is 8.81. The molecule has 0 aliphatic carbocycles. The molecule has 1 unspecified atom stereocenters. The average molecular weight is 482 g/mol. The highest BCUT2D eigenvalue weighted by Crippen LogP contribution is 2.23. The van der Waals surface area contributed by atoms with E-state index in [2.05, 4.69) is 5.32 Å². The number of nitrogens with zero attached hydrogens (tertiary/aromatic N) is 2. The maximum Gasteiger partial charge on any atom is 0.323 e. The van der Waals surface area contributed by atoms with Crippen LogP contribution >= 0.6 is 0 Å². The minimum Gasteiger partial charge on any atom is -0.496 e. The fraction of sp³-hybridized carbons (Fsp3) is 0.346. The Hall–Kier alpha value is -3.90. The molecule has 2 aromatic rings. The smallest absolute Gasteiger partial charge is 0.323 e. The zero-order valence-electron chi connectivity index (χ0n) is 19.6. The average Bonchev–Trinajstić information content (AvgIpc) is 2.85. The van der Waals surface area contributed by atoms with E-state index in [4.69, 9.17) is 14.7 Å².